The Kier molecular flexibility index (Phi) is 5.29. The van der Waals surface area contributed by atoms with Crippen molar-refractivity contribution in [3.8, 4) is 11.4 Å². The number of imidazole rings is 1. The van der Waals surface area contributed by atoms with Crippen molar-refractivity contribution >= 4 is 25.5 Å². The first kappa shape index (κ1) is 20.4. The van der Waals surface area contributed by atoms with Gasteiger partial charge in [-0.15, -0.1) is 0 Å². The molecule has 148 valence electrons. The van der Waals surface area contributed by atoms with E-state index in [1.165, 1.54) is 0 Å². The number of fused-ring (bicyclic) bond motifs is 1. The first-order valence-electron chi connectivity index (χ1n) is 9.58. The number of aldehydes is 1. The molecular weight excluding hydrogens is 366 g/mol. The van der Waals surface area contributed by atoms with Crippen LogP contribution in [0.5, 0.6) is 0 Å². The van der Waals surface area contributed by atoms with E-state index < -0.39 is 8.32 Å². The van der Waals surface area contributed by atoms with Crippen LogP contribution >= 0.6 is 0 Å². The Bertz CT molecular complexity index is 1020. The second kappa shape index (κ2) is 7.26. The van der Waals surface area contributed by atoms with Crippen LogP contribution in [0.25, 0.3) is 22.3 Å². The molecular formula is C22H29N3O2Si. The summed E-state index contributed by atoms with van der Waals surface area (Å²) in [5.41, 5.74) is 4.12. The Morgan fingerprint density at radius 2 is 1.93 bits per heavy atom. The van der Waals surface area contributed by atoms with Crippen LogP contribution in [0.15, 0.2) is 36.8 Å². The summed E-state index contributed by atoms with van der Waals surface area (Å²) in [6, 6.07) is 7.88. The fourth-order valence-corrected chi connectivity index (χ4v) is 4.42. The minimum atomic E-state index is -1.89. The lowest BCUT2D eigenvalue weighted by Gasteiger charge is -2.38. The standard InChI is InChI=1S/C22H29N3O2Si/c1-15(27-28(6,7)22(2,3)4)16-8-9-18-17(13-26)11-20(24-19(18)10-16)21-12-23-14-25(21)5/h8-15H,1-7H3. The Morgan fingerprint density at radius 3 is 2.50 bits per heavy atom. The van der Waals surface area contributed by atoms with E-state index in [1.54, 1.807) is 12.5 Å². The minimum absolute atomic E-state index is 0.0351. The molecule has 5 nitrogen and oxygen atoms in total. The molecule has 0 fully saturated rings. The summed E-state index contributed by atoms with van der Waals surface area (Å²) >= 11 is 0. The van der Waals surface area contributed by atoms with Crippen LogP contribution in [0.3, 0.4) is 0 Å². The summed E-state index contributed by atoms with van der Waals surface area (Å²) in [4.78, 5) is 20.6. The van der Waals surface area contributed by atoms with Crippen molar-refractivity contribution in [3.63, 3.8) is 0 Å². The fraction of sp³-hybridized carbons (Fsp3) is 0.409. The van der Waals surface area contributed by atoms with E-state index in [0.717, 1.165) is 34.1 Å². The molecule has 1 unspecified atom stereocenters. The SMILES string of the molecule is CC(O[Si](C)(C)C(C)(C)C)c1ccc2c(C=O)cc(-c3cncn3C)nc2c1. The predicted octanol–water partition coefficient (Wildman–Crippen LogP) is 5.53. The Morgan fingerprint density at radius 1 is 1.21 bits per heavy atom. The summed E-state index contributed by atoms with van der Waals surface area (Å²) in [7, 11) is 0.0308. The average molecular weight is 396 g/mol. The van der Waals surface area contributed by atoms with Crippen molar-refractivity contribution < 1.29 is 9.22 Å². The molecule has 0 spiro atoms. The number of benzene rings is 1. The van der Waals surface area contributed by atoms with Crippen molar-refractivity contribution in [2.45, 2.75) is 51.9 Å². The summed E-state index contributed by atoms with van der Waals surface area (Å²) in [5.74, 6) is 0. The second-order valence-corrected chi connectivity index (χ2v) is 13.7. The number of aromatic nitrogens is 3. The Balaban J connectivity index is 2.05. The molecule has 0 radical (unpaired) electrons. The molecule has 0 bridgehead atoms. The van der Waals surface area contributed by atoms with Gasteiger partial charge >= 0.3 is 0 Å². The van der Waals surface area contributed by atoms with Gasteiger partial charge < -0.3 is 8.99 Å². The van der Waals surface area contributed by atoms with Gasteiger partial charge in [0.05, 0.1) is 35.5 Å². The van der Waals surface area contributed by atoms with E-state index in [0.29, 0.717) is 5.56 Å². The van der Waals surface area contributed by atoms with Gasteiger partial charge in [-0.1, -0.05) is 32.9 Å². The van der Waals surface area contributed by atoms with E-state index in [-0.39, 0.29) is 11.1 Å². The maximum atomic E-state index is 11.7. The van der Waals surface area contributed by atoms with Gasteiger partial charge in [-0.25, -0.2) is 9.97 Å². The molecule has 1 atom stereocenters. The van der Waals surface area contributed by atoms with Crippen molar-refractivity contribution in [2.75, 3.05) is 0 Å². The van der Waals surface area contributed by atoms with Crippen molar-refractivity contribution in [1.82, 2.24) is 14.5 Å². The minimum Gasteiger partial charge on any atom is -0.410 e. The van der Waals surface area contributed by atoms with E-state index >= 15 is 0 Å². The normalized spacial score (nSPS) is 13.7. The smallest absolute Gasteiger partial charge is 0.192 e. The largest absolute Gasteiger partial charge is 0.410 e. The molecule has 0 N–H and O–H groups in total. The van der Waals surface area contributed by atoms with E-state index in [9.17, 15) is 4.79 Å². The van der Waals surface area contributed by atoms with Gasteiger partial charge in [0.25, 0.3) is 0 Å². The van der Waals surface area contributed by atoms with E-state index in [1.807, 2.05) is 35.9 Å². The molecule has 0 amide bonds. The lowest BCUT2D eigenvalue weighted by Crippen LogP contribution is -2.41. The van der Waals surface area contributed by atoms with Gasteiger partial charge in [0.2, 0.25) is 0 Å². The molecule has 0 saturated carbocycles. The second-order valence-electron chi connectivity index (χ2n) is 8.90. The number of rotatable bonds is 5. The number of aryl methyl sites for hydroxylation is 1. The van der Waals surface area contributed by atoms with Crippen molar-refractivity contribution in [1.29, 1.82) is 0 Å². The zero-order chi connectivity index (χ0) is 20.7. The predicted molar refractivity (Wildman–Crippen MR) is 116 cm³/mol. The third-order valence-electron chi connectivity index (χ3n) is 5.82. The summed E-state index contributed by atoms with van der Waals surface area (Å²) in [6.45, 7) is 13.3. The number of pyridine rings is 1. The van der Waals surface area contributed by atoms with Gasteiger partial charge in [0.15, 0.2) is 14.6 Å². The first-order valence-corrected chi connectivity index (χ1v) is 12.5. The molecule has 28 heavy (non-hydrogen) atoms. The monoisotopic (exact) mass is 395 g/mol. The maximum absolute atomic E-state index is 11.7. The molecule has 0 aliphatic heterocycles. The van der Waals surface area contributed by atoms with Gasteiger partial charge in [0.1, 0.15) is 0 Å². The highest BCUT2D eigenvalue weighted by Gasteiger charge is 2.38. The lowest BCUT2D eigenvalue weighted by atomic mass is 10.0. The highest BCUT2D eigenvalue weighted by Crippen LogP contribution is 2.40. The summed E-state index contributed by atoms with van der Waals surface area (Å²) in [6.07, 6.45) is 4.34. The van der Waals surface area contributed by atoms with Crippen LogP contribution in [0.4, 0.5) is 0 Å². The van der Waals surface area contributed by atoms with Crippen LogP contribution in [-0.4, -0.2) is 29.1 Å². The van der Waals surface area contributed by atoms with Gasteiger partial charge in [-0.2, -0.15) is 0 Å². The molecule has 1 aromatic carbocycles. The van der Waals surface area contributed by atoms with Crippen LogP contribution in [0.2, 0.25) is 18.1 Å². The summed E-state index contributed by atoms with van der Waals surface area (Å²) in [5, 5.41) is 0.998. The molecule has 2 heterocycles. The molecule has 0 aliphatic rings. The van der Waals surface area contributed by atoms with Crippen molar-refractivity contribution in [3.05, 3.63) is 47.9 Å². The van der Waals surface area contributed by atoms with Gasteiger partial charge in [0, 0.05) is 18.0 Å². The van der Waals surface area contributed by atoms with Gasteiger partial charge in [-0.05, 0) is 42.8 Å². The molecule has 3 aromatic rings. The highest BCUT2D eigenvalue weighted by atomic mass is 28.4. The van der Waals surface area contributed by atoms with E-state index in [2.05, 4.69) is 45.8 Å². The molecule has 2 aromatic heterocycles. The van der Waals surface area contributed by atoms with Crippen LogP contribution in [0, 0.1) is 0 Å². The topological polar surface area (TPSA) is 57.0 Å². The van der Waals surface area contributed by atoms with Gasteiger partial charge in [-0.3, -0.25) is 4.79 Å². The molecule has 0 saturated heterocycles. The Hall–Kier alpha value is -2.31. The highest BCUT2D eigenvalue weighted by molar-refractivity contribution is 6.74. The zero-order valence-corrected chi connectivity index (χ0v) is 18.8. The Labute approximate surface area is 167 Å². The van der Waals surface area contributed by atoms with Crippen LogP contribution in [0.1, 0.15) is 49.7 Å². The van der Waals surface area contributed by atoms with Crippen molar-refractivity contribution in [2.24, 2.45) is 7.05 Å². The number of carbonyl (C=O) groups excluding carboxylic acids is 1. The quantitative estimate of drug-likeness (QED) is 0.421. The first-order chi connectivity index (χ1) is 13.0. The van der Waals surface area contributed by atoms with Crippen LogP contribution in [-0.2, 0) is 11.5 Å². The third-order valence-corrected chi connectivity index (χ3v) is 10.4. The zero-order valence-electron chi connectivity index (χ0n) is 17.8. The summed E-state index contributed by atoms with van der Waals surface area (Å²) < 4.78 is 8.44. The number of carbonyl (C=O) groups is 1. The average Bonchev–Trinajstić information content (AvgIpc) is 3.04. The fourth-order valence-electron chi connectivity index (χ4n) is 3.04. The van der Waals surface area contributed by atoms with E-state index in [4.69, 9.17) is 9.41 Å². The lowest BCUT2D eigenvalue weighted by molar-refractivity contribution is 0.112. The number of hydrogen-bond donors (Lipinski definition) is 0. The van der Waals surface area contributed by atoms with Crippen LogP contribution < -0.4 is 0 Å². The maximum Gasteiger partial charge on any atom is 0.192 e. The number of hydrogen-bond acceptors (Lipinski definition) is 4. The molecule has 6 heteroatoms. The molecule has 3 rings (SSSR count). The third kappa shape index (κ3) is 3.79. The molecule has 0 aliphatic carbocycles. The number of nitrogens with zero attached hydrogens (tertiary/aromatic N) is 3.